The monoisotopic (exact) mass is 369 g/mol. The van der Waals surface area contributed by atoms with Crippen LogP contribution in [0.4, 0.5) is 5.69 Å². The molecule has 8 nitrogen and oxygen atoms in total. The van der Waals surface area contributed by atoms with E-state index in [-0.39, 0.29) is 16.3 Å². The van der Waals surface area contributed by atoms with Gasteiger partial charge in [-0.15, -0.1) is 0 Å². The molecule has 1 aliphatic heterocycles. The zero-order chi connectivity index (χ0) is 18.2. The van der Waals surface area contributed by atoms with E-state index in [9.17, 15) is 14.4 Å². The molecule has 9 heteroatoms. The van der Waals surface area contributed by atoms with Crippen molar-refractivity contribution in [1.82, 2.24) is 10.2 Å². The minimum absolute atomic E-state index is 0.165. The molecular weight excluding hydrogens is 350 g/mol. The molecule has 0 spiro atoms. The summed E-state index contributed by atoms with van der Waals surface area (Å²) in [6, 6.07) is 4.26. The quantitative estimate of drug-likeness (QED) is 0.580. The van der Waals surface area contributed by atoms with Crippen LogP contribution in [0.25, 0.3) is 0 Å². The van der Waals surface area contributed by atoms with Crippen LogP contribution in [-0.2, 0) is 19.1 Å². The van der Waals surface area contributed by atoms with Crippen LogP contribution in [0.15, 0.2) is 18.2 Å². The highest BCUT2D eigenvalue weighted by molar-refractivity contribution is 6.41. The standard InChI is InChI=1S/C16H20ClN3O5/c1-24-16(23)11-2-3-12(17)13(10-11)19-15(22)14(21)18-4-5-20-6-8-25-9-7-20/h2-3,10H,4-9H2,1H3,(H,18,21)(H,19,22). The second-order valence-electron chi connectivity index (χ2n) is 5.35. The highest BCUT2D eigenvalue weighted by Gasteiger charge is 2.17. The van der Waals surface area contributed by atoms with Crippen molar-refractivity contribution in [2.45, 2.75) is 0 Å². The number of hydrogen-bond acceptors (Lipinski definition) is 6. The maximum atomic E-state index is 12.0. The summed E-state index contributed by atoms with van der Waals surface area (Å²) >= 11 is 5.98. The number of methoxy groups -OCH3 is 1. The lowest BCUT2D eigenvalue weighted by Crippen LogP contribution is -2.43. The molecule has 0 saturated carbocycles. The van der Waals surface area contributed by atoms with Gasteiger partial charge in [0, 0.05) is 26.2 Å². The third kappa shape index (κ3) is 5.70. The van der Waals surface area contributed by atoms with E-state index in [0.717, 1.165) is 13.1 Å². The van der Waals surface area contributed by atoms with E-state index in [2.05, 4.69) is 20.3 Å². The van der Waals surface area contributed by atoms with E-state index in [1.807, 2.05) is 0 Å². The molecule has 1 aromatic rings. The number of nitrogens with zero attached hydrogens (tertiary/aromatic N) is 1. The van der Waals surface area contributed by atoms with Crippen molar-refractivity contribution in [3.8, 4) is 0 Å². The lowest BCUT2D eigenvalue weighted by Gasteiger charge is -2.26. The Morgan fingerprint density at radius 2 is 1.96 bits per heavy atom. The van der Waals surface area contributed by atoms with Crippen LogP contribution in [0.5, 0.6) is 0 Å². The second kappa shape index (κ2) is 9.36. The van der Waals surface area contributed by atoms with Crippen molar-refractivity contribution < 1.29 is 23.9 Å². The van der Waals surface area contributed by atoms with Crippen LogP contribution < -0.4 is 10.6 Å². The molecule has 2 N–H and O–H groups in total. The summed E-state index contributed by atoms with van der Waals surface area (Å²) in [5.41, 5.74) is 0.382. The van der Waals surface area contributed by atoms with Crippen LogP contribution in [0.2, 0.25) is 5.02 Å². The number of hydrogen-bond donors (Lipinski definition) is 2. The van der Waals surface area contributed by atoms with Gasteiger partial charge in [-0.25, -0.2) is 4.79 Å². The molecule has 0 aromatic heterocycles. The van der Waals surface area contributed by atoms with Crippen LogP contribution >= 0.6 is 11.6 Å². The summed E-state index contributed by atoms with van der Waals surface area (Å²) in [5, 5.41) is 5.15. The molecule has 1 fully saturated rings. The lowest BCUT2D eigenvalue weighted by atomic mass is 10.2. The number of morpholine rings is 1. The smallest absolute Gasteiger partial charge is 0.337 e. The van der Waals surface area contributed by atoms with E-state index in [0.29, 0.717) is 26.3 Å². The number of halogens is 1. The molecule has 1 aromatic carbocycles. The molecule has 0 aliphatic carbocycles. The van der Waals surface area contributed by atoms with Gasteiger partial charge in [-0.1, -0.05) is 11.6 Å². The van der Waals surface area contributed by atoms with Crippen LogP contribution in [-0.4, -0.2) is 69.2 Å². The molecule has 2 rings (SSSR count). The second-order valence-corrected chi connectivity index (χ2v) is 5.76. The number of ether oxygens (including phenoxy) is 2. The Bertz CT molecular complexity index is 647. The lowest BCUT2D eigenvalue weighted by molar-refractivity contribution is -0.136. The highest BCUT2D eigenvalue weighted by Crippen LogP contribution is 2.23. The van der Waals surface area contributed by atoms with Gasteiger partial charge in [0.25, 0.3) is 0 Å². The summed E-state index contributed by atoms with van der Waals surface area (Å²) in [5.74, 6) is -2.19. The first-order valence-electron chi connectivity index (χ1n) is 7.78. The minimum atomic E-state index is -0.856. The Kier molecular flexibility index (Phi) is 7.17. The fourth-order valence-electron chi connectivity index (χ4n) is 2.28. The normalized spacial score (nSPS) is 14.6. The van der Waals surface area contributed by atoms with Gasteiger partial charge in [0.05, 0.1) is 36.6 Å². The van der Waals surface area contributed by atoms with E-state index in [1.165, 1.54) is 25.3 Å². The summed E-state index contributed by atoms with van der Waals surface area (Å²) in [4.78, 5) is 37.5. The van der Waals surface area contributed by atoms with Gasteiger partial charge in [0.1, 0.15) is 0 Å². The molecule has 25 heavy (non-hydrogen) atoms. The number of nitrogens with one attached hydrogen (secondary N) is 2. The van der Waals surface area contributed by atoms with Crippen molar-refractivity contribution in [3.63, 3.8) is 0 Å². The Labute approximate surface area is 150 Å². The maximum absolute atomic E-state index is 12.0. The predicted molar refractivity (Wildman–Crippen MR) is 91.7 cm³/mol. The Morgan fingerprint density at radius 1 is 1.24 bits per heavy atom. The predicted octanol–water partition coefficient (Wildman–Crippen LogP) is 0.514. The average Bonchev–Trinajstić information content (AvgIpc) is 2.63. The fourth-order valence-corrected chi connectivity index (χ4v) is 2.44. The SMILES string of the molecule is COC(=O)c1ccc(Cl)c(NC(=O)C(=O)NCCN2CCOCC2)c1. The van der Waals surface area contributed by atoms with E-state index < -0.39 is 17.8 Å². The zero-order valence-electron chi connectivity index (χ0n) is 13.8. The summed E-state index contributed by atoms with van der Waals surface area (Å²) < 4.78 is 9.85. The third-order valence-electron chi connectivity index (χ3n) is 3.66. The fraction of sp³-hybridized carbons (Fsp3) is 0.438. The first-order valence-corrected chi connectivity index (χ1v) is 8.16. The topological polar surface area (TPSA) is 97.0 Å². The molecule has 0 radical (unpaired) electrons. The van der Waals surface area contributed by atoms with Crippen molar-refractivity contribution in [1.29, 1.82) is 0 Å². The van der Waals surface area contributed by atoms with E-state index in [1.54, 1.807) is 0 Å². The van der Waals surface area contributed by atoms with Crippen LogP contribution in [0, 0.1) is 0 Å². The van der Waals surface area contributed by atoms with Crippen molar-refractivity contribution in [2.24, 2.45) is 0 Å². The molecule has 2 amide bonds. The summed E-state index contributed by atoms with van der Waals surface area (Å²) in [6.45, 7) is 3.94. The Hall–Kier alpha value is -2.16. The number of esters is 1. The van der Waals surface area contributed by atoms with Crippen molar-refractivity contribution in [3.05, 3.63) is 28.8 Å². The number of carbonyl (C=O) groups excluding carboxylic acids is 3. The molecule has 1 saturated heterocycles. The van der Waals surface area contributed by atoms with Gasteiger partial charge >= 0.3 is 17.8 Å². The van der Waals surface area contributed by atoms with Gasteiger partial charge in [-0.3, -0.25) is 14.5 Å². The molecular formula is C16H20ClN3O5. The molecule has 136 valence electrons. The Morgan fingerprint density at radius 3 is 2.64 bits per heavy atom. The number of carbonyl (C=O) groups is 3. The van der Waals surface area contributed by atoms with Crippen molar-refractivity contribution in [2.75, 3.05) is 51.8 Å². The molecule has 1 aliphatic rings. The van der Waals surface area contributed by atoms with E-state index >= 15 is 0 Å². The van der Waals surface area contributed by atoms with E-state index in [4.69, 9.17) is 16.3 Å². The average molecular weight is 370 g/mol. The summed E-state index contributed by atoms with van der Waals surface area (Å²) in [7, 11) is 1.25. The first-order chi connectivity index (χ1) is 12.0. The van der Waals surface area contributed by atoms with Crippen molar-refractivity contribution >= 4 is 35.1 Å². The Balaban J connectivity index is 1.85. The van der Waals surface area contributed by atoms with Gasteiger partial charge in [-0.2, -0.15) is 0 Å². The van der Waals surface area contributed by atoms with Gasteiger partial charge in [0.15, 0.2) is 0 Å². The highest BCUT2D eigenvalue weighted by atomic mass is 35.5. The molecule has 0 atom stereocenters. The number of benzene rings is 1. The number of rotatable bonds is 5. The van der Waals surface area contributed by atoms with Crippen LogP contribution in [0.3, 0.4) is 0 Å². The number of amides is 2. The minimum Gasteiger partial charge on any atom is -0.465 e. The molecule has 1 heterocycles. The third-order valence-corrected chi connectivity index (χ3v) is 3.99. The largest absolute Gasteiger partial charge is 0.465 e. The number of anilines is 1. The zero-order valence-corrected chi connectivity index (χ0v) is 14.6. The molecule has 0 bridgehead atoms. The van der Waals surface area contributed by atoms with Gasteiger partial charge in [0.2, 0.25) is 0 Å². The first kappa shape index (κ1) is 19.2. The van der Waals surface area contributed by atoms with Gasteiger partial charge < -0.3 is 20.1 Å². The van der Waals surface area contributed by atoms with Gasteiger partial charge in [-0.05, 0) is 18.2 Å². The molecule has 0 unspecified atom stereocenters. The van der Waals surface area contributed by atoms with Crippen LogP contribution in [0.1, 0.15) is 10.4 Å². The summed E-state index contributed by atoms with van der Waals surface area (Å²) in [6.07, 6.45) is 0. The maximum Gasteiger partial charge on any atom is 0.337 e.